The lowest BCUT2D eigenvalue weighted by atomic mass is 10.0. The molecule has 2 amide bonds. The minimum atomic E-state index is -0.942. The van der Waals surface area contributed by atoms with Gasteiger partial charge in [0.15, 0.2) is 0 Å². The standard InChI is InChI=1S/C17H18IN3O3/c1-24-12-8-6-11(7-9-12)21(15(22)10-19)16(17(20)23)13-4-2-3-5-14(13)18/h2-9,16H,10,19H2,1H3,(H2,20,23). The molecule has 0 aliphatic heterocycles. The summed E-state index contributed by atoms with van der Waals surface area (Å²) in [7, 11) is 1.55. The topological polar surface area (TPSA) is 98.7 Å². The normalized spacial score (nSPS) is 11.6. The van der Waals surface area contributed by atoms with Crippen molar-refractivity contribution in [2.45, 2.75) is 6.04 Å². The van der Waals surface area contributed by atoms with Crippen LogP contribution in [-0.2, 0) is 9.59 Å². The van der Waals surface area contributed by atoms with Crippen LogP contribution in [0.4, 0.5) is 5.69 Å². The number of hydrogen-bond donors (Lipinski definition) is 2. The molecule has 2 aromatic carbocycles. The highest BCUT2D eigenvalue weighted by atomic mass is 127. The van der Waals surface area contributed by atoms with Crippen LogP contribution in [0, 0.1) is 3.57 Å². The van der Waals surface area contributed by atoms with E-state index in [0.717, 1.165) is 3.57 Å². The molecule has 7 heteroatoms. The van der Waals surface area contributed by atoms with Crippen molar-refractivity contribution in [3.05, 3.63) is 57.7 Å². The Kier molecular flexibility index (Phi) is 6.16. The Balaban J connectivity index is 2.56. The van der Waals surface area contributed by atoms with E-state index in [-0.39, 0.29) is 6.54 Å². The highest BCUT2D eigenvalue weighted by Crippen LogP contribution is 2.31. The summed E-state index contributed by atoms with van der Waals surface area (Å²) in [6.45, 7) is -0.237. The number of rotatable bonds is 6. The number of carbonyl (C=O) groups is 2. The Bertz CT molecular complexity index is 734. The lowest BCUT2D eigenvalue weighted by Gasteiger charge is -2.30. The number of halogens is 1. The zero-order valence-corrected chi connectivity index (χ0v) is 15.3. The largest absolute Gasteiger partial charge is 0.497 e. The van der Waals surface area contributed by atoms with Gasteiger partial charge in [0.2, 0.25) is 11.8 Å². The maximum Gasteiger partial charge on any atom is 0.245 e. The second-order valence-electron chi connectivity index (χ2n) is 4.99. The Hall–Kier alpha value is -2.13. The number of carbonyl (C=O) groups excluding carboxylic acids is 2. The van der Waals surface area contributed by atoms with Gasteiger partial charge in [-0.15, -0.1) is 0 Å². The molecule has 0 radical (unpaired) electrons. The summed E-state index contributed by atoms with van der Waals surface area (Å²) in [5.74, 6) is -0.385. The van der Waals surface area contributed by atoms with Crippen molar-refractivity contribution in [3.8, 4) is 5.75 Å². The predicted molar refractivity (Wildman–Crippen MR) is 101 cm³/mol. The third kappa shape index (κ3) is 3.85. The number of hydrogen-bond acceptors (Lipinski definition) is 4. The first-order chi connectivity index (χ1) is 11.5. The van der Waals surface area contributed by atoms with Crippen LogP contribution in [-0.4, -0.2) is 25.5 Å². The highest BCUT2D eigenvalue weighted by Gasteiger charge is 2.31. The van der Waals surface area contributed by atoms with E-state index in [1.165, 1.54) is 4.90 Å². The minimum absolute atomic E-state index is 0.237. The van der Waals surface area contributed by atoms with Gasteiger partial charge in [-0.25, -0.2) is 0 Å². The van der Waals surface area contributed by atoms with E-state index >= 15 is 0 Å². The van der Waals surface area contributed by atoms with Gasteiger partial charge < -0.3 is 16.2 Å². The summed E-state index contributed by atoms with van der Waals surface area (Å²) in [4.78, 5) is 26.0. The third-order valence-electron chi connectivity index (χ3n) is 3.52. The molecule has 0 aromatic heterocycles. The minimum Gasteiger partial charge on any atom is -0.497 e. The molecule has 0 spiro atoms. The number of primary amides is 1. The van der Waals surface area contributed by atoms with Crippen LogP contribution in [0.3, 0.4) is 0 Å². The Labute approximate surface area is 153 Å². The number of amides is 2. The van der Waals surface area contributed by atoms with E-state index in [0.29, 0.717) is 17.0 Å². The van der Waals surface area contributed by atoms with Crippen molar-refractivity contribution >= 4 is 40.1 Å². The quantitative estimate of drug-likeness (QED) is 0.671. The summed E-state index contributed by atoms with van der Waals surface area (Å²) in [6, 6.07) is 13.1. The lowest BCUT2D eigenvalue weighted by Crippen LogP contribution is -2.45. The molecule has 2 rings (SSSR count). The number of benzene rings is 2. The second-order valence-corrected chi connectivity index (χ2v) is 6.15. The number of ether oxygens (including phenoxy) is 1. The first-order valence-corrected chi connectivity index (χ1v) is 8.27. The van der Waals surface area contributed by atoms with Crippen LogP contribution in [0.15, 0.2) is 48.5 Å². The van der Waals surface area contributed by atoms with Crippen molar-refractivity contribution in [1.82, 2.24) is 0 Å². The Morgan fingerprint density at radius 1 is 1.17 bits per heavy atom. The molecular weight excluding hydrogens is 421 g/mol. The third-order valence-corrected chi connectivity index (χ3v) is 4.50. The molecule has 24 heavy (non-hydrogen) atoms. The zero-order chi connectivity index (χ0) is 17.7. The average Bonchev–Trinajstić information content (AvgIpc) is 2.60. The van der Waals surface area contributed by atoms with E-state index in [9.17, 15) is 9.59 Å². The molecule has 126 valence electrons. The van der Waals surface area contributed by atoms with Crippen LogP contribution >= 0.6 is 22.6 Å². The molecule has 6 nitrogen and oxygen atoms in total. The van der Waals surface area contributed by atoms with E-state index in [4.69, 9.17) is 16.2 Å². The molecule has 1 unspecified atom stereocenters. The first-order valence-electron chi connectivity index (χ1n) is 7.19. The molecule has 0 aliphatic rings. The van der Waals surface area contributed by atoms with Gasteiger partial charge in [0, 0.05) is 9.26 Å². The van der Waals surface area contributed by atoms with Crippen LogP contribution in [0.1, 0.15) is 11.6 Å². The number of nitrogens with zero attached hydrogens (tertiary/aromatic N) is 1. The van der Waals surface area contributed by atoms with Crippen molar-refractivity contribution in [3.63, 3.8) is 0 Å². The van der Waals surface area contributed by atoms with Crippen LogP contribution in [0.5, 0.6) is 5.75 Å². The molecule has 0 bridgehead atoms. The van der Waals surface area contributed by atoms with E-state index in [2.05, 4.69) is 22.6 Å². The summed E-state index contributed by atoms with van der Waals surface area (Å²) in [5.41, 5.74) is 12.4. The number of nitrogens with two attached hydrogens (primary N) is 2. The van der Waals surface area contributed by atoms with Crippen molar-refractivity contribution in [2.24, 2.45) is 11.5 Å². The summed E-state index contributed by atoms with van der Waals surface area (Å²) in [6.07, 6.45) is 0. The lowest BCUT2D eigenvalue weighted by molar-refractivity contribution is -0.124. The average molecular weight is 439 g/mol. The number of methoxy groups -OCH3 is 1. The molecule has 0 saturated heterocycles. The van der Waals surface area contributed by atoms with Crippen molar-refractivity contribution in [2.75, 3.05) is 18.6 Å². The highest BCUT2D eigenvalue weighted by molar-refractivity contribution is 14.1. The molecule has 0 heterocycles. The maximum atomic E-state index is 12.5. The summed E-state index contributed by atoms with van der Waals surface area (Å²) in [5, 5.41) is 0. The molecular formula is C17H18IN3O3. The molecule has 2 aromatic rings. The maximum absolute atomic E-state index is 12.5. The molecule has 0 aliphatic carbocycles. The fraction of sp³-hybridized carbons (Fsp3) is 0.176. The smallest absolute Gasteiger partial charge is 0.245 e. The van der Waals surface area contributed by atoms with E-state index < -0.39 is 17.9 Å². The van der Waals surface area contributed by atoms with E-state index in [1.807, 2.05) is 12.1 Å². The fourth-order valence-electron chi connectivity index (χ4n) is 2.39. The van der Waals surface area contributed by atoms with E-state index in [1.54, 1.807) is 43.5 Å². The molecule has 1 atom stereocenters. The van der Waals surface area contributed by atoms with Gasteiger partial charge in [-0.1, -0.05) is 18.2 Å². The molecule has 0 fully saturated rings. The van der Waals surface area contributed by atoms with Crippen LogP contribution in [0.2, 0.25) is 0 Å². The van der Waals surface area contributed by atoms with Gasteiger partial charge in [-0.2, -0.15) is 0 Å². The SMILES string of the molecule is COc1ccc(N(C(=O)CN)C(C(N)=O)c2ccccc2I)cc1. The molecule has 0 saturated carbocycles. The van der Waals surface area contributed by atoms with Crippen molar-refractivity contribution < 1.29 is 14.3 Å². The Morgan fingerprint density at radius 2 is 1.79 bits per heavy atom. The van der Waals surface area contributed by atoms with Gasteiger partial charge in [0.05, 0.1) is 13.7 Å². The van der Waals surface area contributed by atoms with Crippen LogP contribution in [0.25, 0.3) is 0 Å². The summed E-state index contributed by atoms with van der Waals surface area (Å²) < 4.78 is 5.96. The van der Waals surface area contributed by atoms with Gasteiger partial charge in [0.1, 0.15) is 11.8 Å². The summed E-state index contributed by atoms with van der Waals surface area (Å²) >= 11 is 2.11. The monoisotopic (exact) mass is 439 g/mol. The van der Waals surface area contributed by atoms with Gasteiger partial charge in [-0.3, -0.25) is 14.5 Å². The second kappa shape index (κ2) is 8.11. The number of anilines is 1. The van der Waals surface area contributed by atoms with Gasteiger partial charge >= 0.3 is 0 Å². The Morgan fingerprint density at radius 3 is 2.29 bits per heavy atom. The van der Waals surface area contributed by atoms with Gasteiger partial charge in [-0.05, 0) is 58.5 Å². The fourth-order valence-corrected chi connectivity index (χ4v) is 3.08. The van der Waals surface area contributed by atoms with Crippen molar-refractivity contribution in [1.29, 1.82) is 0 Å². The zero-order valence-electron chi connectivity index (χ0n) is 13.1. The molecule has 4 N–H and O–H groups in total. The predicted octanol–water partition coefficient (Wildman–Crippen LogP) is 1.82. The first kappa shape index (κ1) is 18.2. The van der Waals surface area contributed by atoms with Gasteiger partial charge in [0.25, 0.3) is 0 Å². The van der Waals surface area contributed by atoms with Crippen LogP contribution < -0.4 is 21.1 Å².